The average molecular weight is 358 g/mol. The van der Waals surface area contributed by atoms with Gasteiger partial charge in [0.05, 0.1) is 0 Å². The van der Waals surface area contributed by atoms with Crippen LogP contribution in [0.5, 0.6) is 11.5 Å². The summed E-state index contributed by atoms with van der Waals surface area (Å²) in [6.45, 7) is 3.02. The number of nitrogens with one attached hydrogen (secondary N) is 2. The molecule has 0 aliphatic rings. The first-order chi connectivity index (χ1) is 12.4. The number of ether oxygens (including phenoxy) is 2. The predicted octanol–water partition coefficient (Wildman–Crippen LogP) is 2.42. The standard InChI is InChI=1S/C19H22N2O5/c1-13(22)20-15-3-7-18(8-4-15)25-11-17(24)12-26-19-9-5-16(6-10-19)21-14(2)23/h3-10,17,24H,11-12H2,1-2H3,(H,20,22)(H,21,23). The fraction of sp³-hybridized carbons (Fsp3) is 0.263. The third kappa shape index (κ3) is 6.82. The minimum atomic E-state index is -0.806. The number of carbonyl (C=O) groups excluding carboxylic acids is 2. The number of aliphatic hydroxyl groups excluding tert-OH is 1. The molecule has 0 spiro atoms. The Kier molecular flexibility index (Phi) is 6.99. The molecule has 0 aliphatic heterocycles. The largest absolute Gasteiger partial charge is 0.491 e. The lowest BCUT2D eigenvalue weighted by Crippen LogP contribution is -2.25. The highest BCUT2D eigenvalue weighted by molar-refractivity contribution is 5.89. The van der Waals surface area contributed by atoms with E-state index in [0.717, 1.165) is 0 Å². The van der Waals surface area contributed by atoms with Crippen LogP contribution in [0.15, 0.2) is 48.5 Å². The van der Waals surface area contributed by atoms with E-state index in [-0.39, 0.29) is 25.0 Å². The molecular weight excluding hydrogens is 336 g/mol. The minimum absolute atomic E-state index is 0.0729. The van der Waals surface area contributed by atoms with Crippen LogP contribution in [0.1, 0.15) is 13.8 Å². The van der Waals surface area contributed by atoms with Gasteiger partial charge >= 0.3 is 0 Å². The molecule has 7 heteroatoms. The van der Waals surface area contributed by atoms with E-state index in [1.807, 2.05) is 0 Å². The molecule has 26 heavy (non-hydrogen) atoms. The average Bonchev–Trinajstić information content (AvgIpc) is 2.59. The summed E-state index contributed by atoms with van der Waals surface area (Å²) in [6, 6.07) is 13.7. The summed E-state index contributed by atoms with van der Waals surface area (Å²) in [7, 11) is 0. The fourth-order valence-electron chi connectivity index (χ4n) is 2.11. The van der Waals surface area contributed by atoms with Gasteiger partial charge in [-0.1, -0.05) is 0 Å². The lowest BCUT2D eigenvalue weighted by atomic mass is 10.3. The van der Waals surface area contributed by atoms with Crippen molar-refractivity contribution in [2.24, 2.45) is 0 Å². The molecule has 0 heterocycles. The van der Waals surface area contributed by atoms with Crippen molar-refractivity contribution >= 4 is 23.2 Å². The summed E-state index contributed by atoms with van der Waals surface area (Å²) in [4.78, 5) is 21.9. The summed E-state index contributed by atoms with van der Waals surface area (Å²) in [6.07, 6.45) is -0.806. The molecule has 0 aliphatic carbocycles. The topological polar surface area (TPSA) is 96.9 Å². The van der Waals surface area contributed by atoms with E-state index in [1.165, 1.54) is 13.8 Å². The Morgan fingerprint density at radius 1 is 0.808 bits per heavy atom. The smallest absolute Gasteiger partial charge is 0.221 e. The van der Waals surface area contributed by atoms with Gasteiger partial charge in [-0.15, -0.1) is 0 Å². The SMILES string of the molecule is CC(=O)Nc1ccc(OCC(O)COc2ccc(NC(C)=O)cc2)cc1. The van der Waals surface area contributed by atoms with Gasteiger partial charge < -0.3 is 25.2 Å². The lowest BCUT2D eigenvalue weighted by molar-refractivity contribution is -0.115. The summed E-state index contributed by atoms with van der Waals surface area (Å²) in [5.74, 6) is 0.878. The Morgan fingerprint density at radius 2 is 1.15 bits per heavy atom. The van der Waals surface area contributed by atoms with Crippen LogP contribution < -0.4 is 20.1 Å². The molecule has 0 unspecified atom stereocenters. The quantitative estimate of drug-likeness (QED) is 0.673. The second-order valence-electron chi connectivity index (χ2n) is 5.69. The van der Waals surface area contributed by atoms with E-state index >= 15 is 0 Å². The molecule has 0 fully saturated rings. The summed E-state index contributed by atoms with van der Waals surface area (Å²) >= 11 is 0. The van der Waals surface area contributed by atoms with Gasteiger partial charge in [-0.05, 0) is 48.5 Å². The van der Waals surface area contributed by atoms with Gasteiger partial charge in [-0.3, -0.25) is 9.59 Å². The second-order valence-corrected chi connectivity index (χ2v) is 5.69. The lowest BCUT2D eigenvalue weighted by Gasteiger charge is -2.14. The van der Waals surface area contributed by atoms with E-state index in [4.69, 9.17) is 9.47 Å². The molecular formula is C19H22N2O5. The van der Waals surface area contributed by atoms with Gasteiger partial charge in [0.25, 0.3) is 0 Å². The highest BCUT2D eigenvalue weighted by atomic mass is 16.5. The number of amides is 2. The van der Waals surface area contributed by atoms with Crippen LogP contribution in [0.2, 0.25) is 0 Å². The van der Waals surface area contributed by atoms with Crippen LogP contribution in [0.4, 0.5) is 11.4 Å². The molecule has 3 N–H and O–H groups in total. The monoisotopic (exact) mass is 358 g/mol. The van der Waals surface area contributed by atoms with Crippen molar-refractivity contribution < 1.29 is 24.2 Å². The summed E-state index contributed by atoms with van der Waals surface area (Å²) in [5.41, 5.74) is 1.35. The molecule has 0 saturated carbocycles. The second kappa shape index (κ2) is 9.43. The molecule has 7 nitrogen and oxygen atoms in total. The predicted molar refractivity (Wildman–Crippen MR) is 98.5 cm³/mol. The number of hydrogen-bond donors (Lipinski definition) is 3. The zero-order valence-electron chi connectivity index (χ0n) is 14.7. The normalized spacial score (nSPS) is 10.3. The van der Waals surface area contributed by atoms with E-state index in [0.29, 0.717) is 22.9 Å². The van der Waals surface area contributed by atoms with Crippen LogP contribution >= 0.6 is 0 Å². The van der Waals surface area contributed by atoms with Crippen molar-refractivity contribution in [1.29, 1.82) is 0 Å². The maximum absolute atomic E-state index is 11.0. The molecule has 2 rings (SSSR count). The third-order valence-corrected chi connectivity index (χ3v) is 3.23. The first-order valence-electron chi connectivity index (χ1n) is 8.11. The Morgan fingerprint density at radius 3 is 1.46 bits per heavy atom. The van der Waals surface area contributed by atoms with Crippen molar-refractivity contribution in [2.75, 3.05) is 23.8 Å². The van der Waals surface area contributed by atoms with Crippen molar-refractivity contribution in [3.05, 3.63) is 48.5 Å². The maximum atomic E-state index is 11.0. The number of hydrogen-bond acceptors (Lipinski definition) is 5. The van der Waals surface area contributed by atoms with Crippen molar-refractivity contribution in [2.45, 2.75) is 20.0 Å². The van der Waals surface area contributed by atoms with Gasteiger partial charge in [0.2, 0.25) is 11.8 Å². The van der Waals surface area contributed by atoms with Crippen LogP contribution in [-0.2, 0) is 9.59 Å². The fourth-order valence-corrected chi connectivity index (χ4v) is 2.11. The molecule has 2 amide bonds. The van der Waals surface area contributed by atoms with E-state index in [2.05, 4.69) is 10.6 Å². The number of benzene rings is 2. The first kappa shape index (κ1) is 19.3. The highest BCUT2D eigenvalue weighted by Gasteiger charge is 2.07. The van der Waals surface area contributed by atoms with E-state index in [1.54, 1.807) is 48.5 Å². The van der Waals surface area contributed by atoms with E-state index < -0.39 is 6.10 Å². The Bertz CT molecular complexity index is 665. The summed E-state index contributed by atoms with van der Waals surface area (Å²) < 4.78 is 11.0. The van der Waals surface area contributed by atoms with Crippen molar-refractivity contribution in [1.82, 2.24) is 0 Å². The molecule has 138 valence electrons. The molecule has 2 aromatic rings. The first-order valence-corrected chi connectivity index (χ1v) is 8.11. The van der Waals surface area contributed by atoms with Gasteiger partial charge in [0.15, 0.2) is 0 Å². The van der Waals surface area contributed by atoms with Gasteiger partial charge in [0.1, 0.15) is 30.8 Å². The molecule has 0 bridgehead atoms. The van der Waals surface area contributed by atoms with Gasteiger partial charge in [-0.2, -0.15) is 0 Å². The zero-order valence-corrected chi connectivity index (χ0v) is 14.7. The maximum Gasteiger partial charge on any atom is 0.221 e. The third-order valence-electron chi connectivity index (χ3n) is 3.23. The van der Waals surface area contributed by atoms with Gasteiger partial charge in [-0.25, -0.2) is 0 Å². The Balaban J connectivity index is 1.73. The molecule has 0 aromatic heterocycles. The van der Waals surface area contributed by atoms with Crippen LogP contribution in [0.3, 0.4) is 0 Å². The molecule has 2 aromatic carbocycles. The number of rotatable bonds is 8. The van der Waals surface area contributed by atoms with Crippen LogP contribution in [0.25, 0.3) is 0 Å². The minimum Gasteiger partial charge on any atom is -0.491 e. The van der Waals surface area contributed by atoms with Crippen molar-refractivity contribution in [3.63, 3.8) is 0 Å². The summed E-state index contributed by atoms with van der Waals surface area (Å²) in [5, 5.41) is 15.3. The number of aliphatic hydroxyl groups is 1. The van der Waals surface area contributed by atoms with Gasteiger partial charge in [0, 0.05) is 25.2 Å². The Labute approximate surface area is 151 Å². The van der Waals surface area contributed by atoms with Crippen LogP contribution in [0, 0.1) is 0 Å². The highest BCUT2D eigenvalue weighted by Crippen LogP contribution is 2.17. The number of anilines is 2. The zero-order chi connectivity index (χ0) is 18.9. The molecule has 0 saturated heterocycles. The van der Waals surface area contributed by atoms with Crippen molar-refractivity contribution in [3.8, 4) is 11.5 Å². The molecule has 0 radical (unpaired) electrons. The Hall–Kier alpha value is -3.06. The van der Waals surface area contributed by atoms with E-state index in [9.17, 15) is 14.7 Å². The number of carbonyl (C=O) groups is 2. The molecule has 0 atom stereocenters. The van der Waals surface area contributed by atoms with Crippen LogP contribution in [-0.4, -0.2) is 36.2 Å².